The Balaban J connectivity index is 0. The highest BCUT2D eigenvalue weighted by Gasteiger charge is 2.00. The first-order valence-corrected chi connectivity index (χ1v) is 5.21. The first kappa shape index (κ1) is 14.8. The Hall–Kier alpha value is -0.710. The van der Waals surface area contributed by atoms with Crippen LogP contribution in [0.25, 0.3) is 0 Å². The van der Waals surface area contributed by atoms with Crippen molar-refractivity contribution in [1.29, 1.82) is 0 Å². The van der Waals surface area contributed by atoms with E-state index < -0.39 is 11.9 Å². The number of rotatable bonds is 5. The van der Waals surface area contributed by atoms with Crippen molar-refractivity contribution in [2.24, 2.45) is 0 Å². The van der Waals surface area contributed by atoms with Gasteiger partial charge in [-0.3, -0.25) is 9.59 Å². The van der Waals surface area contributed by atoms with Gasteiger partial charge in [0.25, 0.3) is 0 Å². The minimum atomic E-state index is -1.08. The highest BCUT2D eigenvalue weighted by atomic mass is 32.2. The van der Waals surface area contributed by atoms with E-state index >= 15 is 0 Å². The van der Waals surface area contributed by atoms with Crippen molar-refractivity contribution in [3.8, 4) is 0 Å². The Morgan fingerprint density at radius 3 is 1.38 bits per heavy atom. The van der Waals surface area contributed by atoms with Crippen molar-refractivity contribution in [3.05, 3.63) is 0 Å². The van der Waals surface area contributed by atoms with Gasteiger partial charge in [0.2, 0.25) is 0 Å². The lowest BCUT2D eigenvalue weighted by molar-refractivity contribution is -0.143. The van der Waals surface area contributed by atoms with Gasteiger partial charge in [0, 0.05) is 0 Å². The quantitative estimate of drug-likeness (QED) is 0.719. The number of thioether (sulfide) groups is 1. The fraction of sp³-hybridized carbons (Fsp3) is 0.750. The molecule has 2 N–H and O–H groups in total. The summed E-state index contributed by atoms with van der Waals surface area (Å²) in [4.78, 5) is 19.3. The zero-order valence-corrected chi connectivity index (χ0v) is 8.76. The van der Waals surface area contributed by atoms with Crippen LogP contribution in [0, 0.1) is 0 Å². The van der Waals surface area contributed by atoms with Crippen LogP contribution in [0.2, 0.25) is 0 Å². The third-order valence-electron chi connectivity index (χ3n) is 0.961. The number of hydrogen-bond acceptors (Lipinski definition) is 3. The highest BCUT2D eigenvalue weighted by molar-refractivity contribution is 7.99. The third-order valence-corrected chi connectivity index (χ3v) is 1.78. The van der Waals surface area contributed by atoms with Crippen LogP contribution in [-0.4, -0.2) is 33.7 Å². The fourth-order valence-electron chi connectivity index (χ4n) is 0.418. The molecule has 0 aromatic carbocycles. The number of carbonyl (C=O) groups is 2. The molecule has 0 saturated heterocycles. The van der Waals surface area contributed by atoms with Gasteiger partial charge in [-0.15, -0.1) is 0 Å². The van der Waals surface area contributed by atoms with Crippen LogP contribution in [0.3, 0.4) is 0 Å². The normalized spacial score (nSPS) is 8.46. The minimum absolute atomic E-state index is 0.296. The van der Waals surface area contributed by atoms with Crippen LogP contribution in [-0.2, 0) is 9.59 Å². The van der Waals surface area contributed by atoms with Crippen molar-refractivity contribution in [2.45, 2.75) is 26.7 Å². The van der Waals surface area contributed by atoms with Crippen LogP contribution >= 0.6 is 11.8 Å². The van der Waals surface area contributed by atoms with Crippen molar-refractivity contribution in [2.75, 3.05) is 11.5 Å². The van der Waals surface area contributed by atoms with Crippen LogP contribution in [0.15, 0.2) is 0 Å². The summed E-state index contributed by atoms with van der Waals surface area (Å²) in [6, 6.07) is 0. The standard InChI is InChI=1S/C4H6O4.C4H10S/c5-3(6)1-2-4(7)8;1-3-5-4-2/h1-2H2,(H,5,6)(H,7,8);3-4H2,1-2H3. The number of carboxylic acid groups (broad SMARTS) is 2. The molecule has 5 heteroatoms. The fourth-order valence-corrected chi connectivity index (χ4v) is 0.826. The Kier molecular flexibility index (Phi) is 12.8. The van der Waals surface area contributed by atoms with Gasteiger partial charge in [-0.2, -0.15) is 11.8 Å². The van der Waals surface area contributed by atoms with E-state index in [4.69, 9.17) is 10.2 Å². The highest BCUT2D eigenvalue weighted by Crippen LogP contribution is 1.93. The number of carboxylic acids is 2. The smallest absolute Gasteiger partial charge is 0.303 e. The molecule has 0 aromatic rings. The molecular formula is C8H16O4S. The van der Waals surface area contributed by atoms with Gasteiger partial charge in [0.1, 0.15) is 0 Å². The monoisotopic (exact) mass is 208 g/mol. The minimum Gasteiger partial charge on any atom is -0.481 e. The SMILES string of the molecule is CCSCC.O=C(O)CCC(=O)O. The van der Waals surface area contributed by atoms with E-state index in [2.05, 4.69) is 13.8 Å². The molecule has 0 aromatic heterocycles. The van der Waals surface area contributed by atoms with Crippen molar-refractivity contribution >= 4 is 23.7 Å². The Morgan fingerprint density at radius 2 is 1.31 bits per heavy atom. The maximum absolute atomic E-state index is 9.64. The first-order valence-electron chi connectivity index (χ1n) is 4.05. The molecule has 0 rings (SSSR count). The van der Waals surface area contributed by atoms with Gasteiger partial charge < -0.3 is 10.2 Å². The lowest BCUT2D eigenvalue weighted by Crippen LogP contribution is -2.00. The predicted molar refractivity (Wildman–Crippen MR) is 53.2 cm³/mol. The topological polar surface area (TPSA) is 74.6 Å². The second-order valence-corrected chi connectivity index (χ2v) is 3.63. The molecule has 0 heterocycles. The van der Waals surface area contributed by atoms with Gasteiger partial charge in [-0.1, -0.05) is 13.8 Å². The van der Waals surface area contributed by atoms with Crippen LogP contribution in [0.4, 0.5) is 0 Å². The molecule has 0 amide bonds. The Morgan fingerprint density at radius 1 is 1.00 bits per heavy atom. The predicted octanol–water partition coefficient (Wildman–Crippen LogP) is 1.70. The molecule has 0 saturated carbocycles. The Bertz CT molecular complexity index is 131. The molecule has 0 unspecified atom stereocenters. The molecule has 0 radical (unpaired) electrons. The number of hydrogen-bond donors (Lipinski definition) is 2. The molecule has 0 bridgehead atoms. The van der Waals surface area contributed by atoms with E-state index in [1.807, 2.05) is 11.8 Å². The van der Waals surface area contributed by atoms with E-state index in [1.165, 1.54) is 11.5 Å². The van der Waals surface area contributed by atoms with Crippen LogP contribution < -0.4 is 0 Å². The summed E-state index contributed by atoms with van der Waals surface area (Å²) in [5.41, 5.74) is 0. The van der Waals surface area contributed by atoms with E-state index in [9.17, 15) is 9.59 Å². The summed E-state index contributed by atoms with van der Waals surface area (Å²) < 4.78 is 0. The summed E-state index contributed by atoms with van der Waals surface area (Å²) in [6.45, 7) is 4.35. The lowest BCUT2D eigenvalue weighted by atomic mass is 10.3. The molecular weight excluding hydrogens is 192 g/mol. The average molecular weight is 208 g/mol. The van der Waals surface area contributed by atoms with Crippen molar-refractivity contribution in [3.63, 3.8) is 0 Å². The van der Waals surface area contributed by atoms with Crippen LogP contribution in [0.1, 0.15) is 26.7 Å². The van der Waals surface area contributed by atoms with Crippen molar-refractivity contribution < 1.29 is 19.8 Å². The summed E-state index contributed by atoms with van der Waals surface area (Å²) in [6.07, 6.45) is -0.593. The molecule has 4 nitrogen and oxygen atoms in total. The largest absolute Gasteiger partial charge is 0.481 e. The van der Waals surface area contributed by atoms with E-state index in [0.29, 0.717) is 0 Å². The summed E-state index contributed by atoms with van der Waals surface area (Å²) >= 11 is 1.96. The first-order chi connectivity index (χ1) is 6.04. The third kappa shape index (κ3) is 24.6. The van der Waals surface area contributed by atoms with Gasteiger partial charge in [0.05, 0.1) is 12.8 Å². The van der Waals surface area contributed by atoms with Gasteiger partial charge in [-0.25, -0.2) is 0 Å². The number of aliphatic carboxylic acids is 2. The second-order valence-electron chi connectivity index (χ2n) is 2.07. The zero-order chi connectivity index (χ0) is 10.7. The molecule has 0 spiro atoms. The molecule has 0 aliphatic heterocycles. The molecule has 0 aliphatic rings. The van der Waals surface area contributed by atoms with E-state index in [-0.39, 0.29) is 12.8 Å². The lowest BCUT2D eigenvalue weighted by Gasteiger charge is -1.85. The Labute approximate surface area is 82.3 Å². The summed E-state index contributed by atoms with van der Waals surface area (Å²) in [5.74, 6) is 0.368. The van der Waals surface area contributed by atoms with Gasteiger partial charge in [-0.05, 0) is 11.5 Å². The van der Waals surface area contributed by atoms with Gasteiger partial charge in [0.15, 0.2) is 0 Å². The maximum Gasteiger partial charge on any atom is 0.303 e. The van der Waals surface area contributed by atoms with E-state index in [1.54, 1.807) is 0 Å². The molecule has 0 atom stereocenters. The molecule has 78 valence electrons. The summed E-state index contributed by atoms with van der Waals surface area (Å²) in [7, 11) is 0. The molecule has 0 fully saturated rings. The average Bonchev–Trinajstić information content (AvgIpc) is 2.03. The van der Waals surface area contributed by atoms with Crippen molar-refractivity contribution in [1.82, 2.24) is 0 Å². The molecule has 13 heavy (non-hydrogen) atoms. The summed E-state index contributed by atoms with van der Waals surface area (Å²) in [5, 5.41) is 15.8. The van der Waals surface area contributed by atoms with Gasteiger partial charge >= 0.3 is 11.9 Å². The zero-order valence-electron chi connectivity index (χ0n) is 7.95. The van der Waals surface area contributed by atoms with E-state index in [0.717, 1.165) is 0 Å². The van der Waals surface area contributed by atoms with Crippen LogP contribution in [0.5, 0.6) is 0 Å². The second kappa shape index (κ2) is 11.3. The molecule has 0 aliphatic carbocycles. The maximum atomic E-state index is 9.64.